The Kier molecular flexibility index (Phi) is 6.89. The Morgan fingerprint density at radius 3 is 2.19 bits per heavy atom. The van der Waals surface area contributed by atoms with Gasteiger partial charge in [0.05, 0.1) is 0 Å². The Hall–Kier alpha value is -1.02. The van der Waals surface area contributed by atoms with Crippen LogP contribution in [0.2, 0.25) is 0 Å². The molecule has 0 radical (unpaired) electrons. The first-order chi connectivity index (χ1) is 12.9. The molecule has 1 aromatic rings. The van der Waals surface area contributed by atoms with Crippen LogP contribution in [0.3, 0.4) is 0 Å². The fraction of sp³-hybridized carbons (Fsp3) is 0.760. The van der Waals surface area contributed by atoms with E-state index in [0.29, 0.717) is 5.41 Å². The molecule has 2 nitrogen and oxygen atoms in total. The highest BCUT2D eigenvalue weighted by Gasteiger charge is 2.31. The lowest BCUT2D eigenvalue weighted by atomic mass is 9.68. The molecule has 1 unspecified atom stereocenters. The van der Waals surface area contributed by atoms with Gasteiger partial charge in [0.1, 0.15) is 0 Å². The summed E-state index contributed by atoms with van der Waals surface area (Å²) >= 11 is 0. The van der Waals surface area contributed by atoms with Gasteiger partial charge in [-0.25, -0.2) is 0 Å². The highest BCUT2D eigenvalue weighted by molar-refractivity contribution is 5.55. The van der Waals surface area contributed by atoms with Gasteiger partial charge in [-0.05, 0) is 67.9 Å². The Morgan fingerprint density at radius 2 is 1.59 bits per heavy atom. The predicted molar refractivity (Wildman–Crippen MR) is 119 cm³/mol. The van der Waals surface area contributed by atoms with Crippen LogP contribution in [0.4, 0.5) is 5.69 Å². The molecule has 1 saturated heterocycles. The predicted octanol–water partition coefficient (Wildman–Crippen LogP) is 6.32. The van der Waals surface area contributed by atoms with Crippen molar-refractivity contribution < 1.29 is 0 Å². The van der Waals surface area contributed by atoms with Crippen LogP contribution < -0.4 is 4.90 Å². The molecule has 1 aliphatic carbocycles. The maximum atomic E-state index is 2.69. The van der Waals surface area contributed by atoms with Crippen molar-refractivity contribution in [2.24, 2.45) is 11.3 Å². The molecule has 0 amide bonds. The number of hydrogen-bond donors (Lipinski definition) is 0. The number of para-hydroxylation sites is 1. The molecule has 0 spiro atoms. The van der Waals surface area contributed by atoms with E-state index in [9.17, 15) is 0 Å². The van der Waals surface area contributed by atoms with Crippen molar-refractivity contribution in [2.45, 2.75) is 85.1 Å². The molecule has 1 heterocycles. The number of hydrogen-bond acceptors (Lipinski definition) is 2. The van der Waals surface area contributed by atoms with Crippen LogP contribution in [0.1, 0.15) is 84.6 Å². The highest BCUT2D eigenvalue weighted by atomic mass is 15.3. The number of anilines is 1. The van der Waals surface area contributed by atoms with Crippen molar-refractivity contribution in [2.75, 3.05) is 31.1 Å². The van der Waals surface area contributed by atoms with Gasteiger partial charge in [-0.3, -0.25) is 4.90 Å². The van der Waals surface area contributed by atoms with E-state index in [0.717, 1.165) is 17.9 Å². The molecule has 1 atom stereocenters. The van der Waals surface area contributed by atoms with Crippen LogP contribution in [-0.4, -0.2) is 37.1 Å². The number of nitrogens with zero attached hydrogens (tertiary/aromatic N) is 2. The summed E-state index contributed by atoms with van der Waals surface area (Å²) in [6, 6.07) is 10.0. The average molecular weight is 371 g/mol. The Bertz CT molecular complexity index is 572. The summed E-state index contributed by atoms with van der Waals surface area (Å²) in [6.07, 6.45) is 8.14. The van der Waals surface area contributed by atoms with Crippen LogP contribution in [0.15, 0.2) is 24.3 Å². The number of rotatable bonds is 5. The van der Waals surface area contributed by atoms with Crippen molar-refractivity contribution in [3.8, 4) is 0 Å². The Balaban J connectivity index is 1.64. The highest BCUT2D eigenvalue weighted by Crippen LogP contribution is 2.45. The maximum absolute atomic E-state index is 2.69. The molecule has 2 aliphatic rings. The summed E-state index contributed by atoms with van der Waals surface area (Å²) in [5.41, 5.74) is 3.62. The molecule has 0 aromatic heterocycles. The minimum Gasteiger partial charge on any atom is -0.369 e. The van der Waals surface area contributed by atoms with E-state index < -0.39 is 0 Å². The van der Waals surface area contributed by atoms with Gasteiger partial charge in [0.2, 0.25) is 0 Å². The number of benzene rings is 1. The van der Waals surface area contributed by atoms with Crippen molar-refractivity contribution in [1.82, 2.24) is 4.90 Å². The molecular weight excluding hydrogens is 328 g/mol. The molecule has 27 heavy (non-hydrogen) atoms. The van der Waals surface area contributed by atoms with E-state index in [-0.39, 0.29) is 0 Å². The van der Waals surface area contributed by atoms with E-state index in [2.05, 4.69) is 68.7 Å². The van der Waals surface area contributed by atoms with Gasteiger partial charge in [0.25, 0.3) is 0 Å². The second kappa shape index (κ2) is 8.99. The van der Waals surface area contributed by atoms with Gasteiger partial charge >= 0.3 is 0 Å². The lowest BCUT2D eigenvalue weighted by Gasteiger charge is -2.41. The maximum Gasteiger partial charge on any atom is 0.0402 e. The number of piperazine rings is 1. The smallest absolute Gasteiger partial charge is 0.0402 e. The quantitative estimate of drug-likeness (QED) is 0.598. The topological polar surface area (TPSA) is 6.48 Å². The third-order valence-electron chi connectivity index (χ3n) is 7.31. The minimum absolute atomic E-state index is 0.468. The van der Waals surface area contributed by atoms with Gasteiger partial charge in [-0.1, -0.05) is 52.3 Å². The molecule has 2 fully saturated rings. The molecule has 152 valence electrons. The second-order valence-electron chi connectivity index (χ2n) is 10.1. The van der Waals surface area contributed by atoms with E-state index in [1.807, 2.05) is 0 Å². The first-order valence-corrected chi connectivity index (χ1v) is 11.5. The molecule has 0 N–H and O–H groups in total. The first-order valence-electron chi connectivity index (χ1n) is 11.5. The molecule has 2 heteroatoms. The van der Waals surface area contributed by atoms with Crippen molar-refractivity contribution in [3.63, 3.8) is 0 Å². The lowest BCUT2D eigenvalue weighted by Crippen LogP contribution is -2.49. The Morgan fingerprint density at radius 1 is 0.963 bits per heavy atom. The van der Waals surface area contributed by atoms with E-state index in [1.54, 1.807) is 5.56 Å². The molecule has 1 aromatic carbocycles. The minimum atomic E-state index is 0.468. The Labute approximate surface area is 168 Å². The molecule has 1 saturated carbocycles. The summed E-state index contributed by atoms with van der Waals surface area (Å²) in [4.78, 5) is 5.36. The summed E-state index contributed by atoms with van der Waals surface area (Å²) in [5, 5.41) is 0. The summed E-state index contributed by atoms with van der Waals surface area (Å²) in [7, 11) is 0. The van der Waals surface area contributed by atoms with Crippen LogP contribution in [0, 0.1) is 11.3 Å². The van der Waals surface area contributed by atoms with Crippen LogP contribution in [-0.2, 0) is 0 Å². The van der Waals surface area contributed by atoms with E-state index in [4.69, 9.17) is 0 Å². The van der Waals surface area contributed by atoms with Crippen molar-refractivity contribution >= 4 is 5.69 Å². The molecular formula is C25H42N2. The molecule has 1 aliphatic heterocycles. The van der Waals surface area contributed by atoms with Crippen LogP contribution in [0.5, 0.6) is 0 Å². The van der Waals surface area contributed by atoms with Gasteiger partial charge in [-0.15, -0.1) is 0 Å². The zero-order chi connectivity index (χ0) is 19.4. The fourth-order valence-electron chi connectivity index (χ4n) is 5.40. The molecule has 0 bridgehead atoms. The van der Waals surface area contributed by atoms with Gasteiger partial charge in [-0.2, -0.15) is 0 Å². The SMILES string of the molecule is CCCC(C)N1CCN(c2ccccc2C2CCC(C(C)(C)C)CC2)CC1. The third-order valence-corrected chi connectivity index (χ3v) is 7.31. The second-order valence-corrected chi connectivity index (χ2v) is 10.1. The van der Waals surface area contributed by atoms with E-state index >= 15 is 0 Å². The standard InChI is InChI=1S/C25H42N2/c1-6-9-20(2)26-16-18-27(19-17-26)24-11-8-7-10-23(24)21-12-14-22(15-13-21)25(3,4)5/h7-8,10-11,20-22H,6,9,12-19H2,1-5H3. The van der Waals surface area contributed by atoms with Crippen LogP contribution >= 0.6 is 0 Å². The van der Waals surface area contributed by atoms with Crippen molar-refractivity contribution in [3.05, 3.63) is 29.8 Å². The summed E-state index contributed by atoms with van der Waals surface area (Å²) < 4.78 is 0. The van der Waals surface area contributed by atoms with E-state index in [1.165, 1.54) is 70.4 Å². The van der Waals surface area contributed by atoms with Crippen LogP contribution in [0.25, 0.3) is 0 Å². The summed E-state index contributed by atoms with van der Waals surface area (Å²) in [6.45, 7) is 16.8. The van der Waals surface area contributed by atoms with Gasteiger partial charge < -0.3 is 4.90 Å². The van der Waals surface area contributed by atoms with Crippen molar-refractivity contribution in [1.29, 1.82) is 0 Å². The largest absolute Gasteiger partial charge is 0.369 e. The normalized spacial score (nSPS) is 26.2. The fourth-order valence-corrected chi connectivity index (χ4v) is 5.40. The zero-order valence-corrected chi connectivity index (χ0v) is 18.5. The lowest BCUT2D eigenvalue weighted by molar-refractivity contribution is 0.169. The first kappa shape index (κ1) is 20.7. The summed E-state index contributed by atoms with van der Waals surface area (Å²) in [5.74, 6) is 1.65. The monoisotopic (exact) mass is 370 g/mol. The van der Waals surface area contributed by atoms with Gasteiger partial charge in [0, 0.05) is 37.9 Å². The molecule has 3 rings (SSSR count). The van der Waals surface area contributed by atoms with Gasteiger partial charge in [0.15, 0.2) is 0 Å². The third kappa shape index (κ3) is 5.08. The zero-order valence-electron chi connectivity index (χ0n) is 18.5. The average Bonchev–Trinajstić information content (AvgIpc) is 2.68.